The van der Waals surface area contributed by atoms with Gasteiger partial charge in [-0.25, -0.2) is 9.37 Å². The minimum Gasteiger partial charge on any atom is -0.494 e. The van der Waals surface area contributed by atoms with Crippen molar-refractivity contribution >= 4 is 27.4 Å². The van der Waals surface area contributed by atoms with E-state index in [1.807, 2.05) is 0 Å². The maximum atomic E-state index is 13.5. The molecule has 0 fully saturated rings. The summed E-state index contributed by atoms with van der Waals surface area (Å²) in [6, 6.07) is 4.37. The Hall–Kier alpha value is -1.89. The van der Waals surface area contributed by atoms with E-state index in [0.29, 0.717) is 11.5 Å². The summed E-state index contributed by atoms with van der Waals surface area (Å²) in [5, 5.41) is 2.83. The molecule has 2 aromatic rings. The van der Waals surface area contributed by atoms with Gasteiger partial charge in [0.2, 0.25) is 0 Å². The fraction of sp³-hybridized carbons (Fsp3) is 0.0909. The van der Waals surface area contributed by atoms with Gasteiger partial charge in [0.25, 0.3) is 5.56 Å². The van der Waals surface area contributed by atoms with E-state index in [1.54, 1.807) is 6.07 Å². The molecule has 0 spiro atoms. The Bertz CT molecular complexity index is 630. The summed E-state index contributed by atoms with van der Waals surface area (Å²) in [6.45, 7) is 0. The number of benzene rings is 1. The van der Waals surface area contributed by atoms with Crippen LogP contribution in [0.3, 0.4) is 0 Å². The highest BCUT2D eigenvalue weighted by atomic mass is 79.9. The SMILES string of the molecule is COc1ccc(Nc2nc[nH]c(=O)c2Br)cc1F. The van der Waals surface area contributed by atoms with Gasteiger partial charge in [0.1, 0.15) is 4.47 Å². The van der Waals surface area contributed by atoms with Gasteiger partial charge in [-0.2, -0.15) is 0 Å². The van der Waals surface area contributed by atoms with E-state index < -0.39 is 5.82 Å². The average Bonchev–Trinajstić information content (AvgIpc) is 2.35. The third kappa shape index (κ3) is 2.51. The Morgan fingerprint density at radius 1 is 1.50 bits per heavy atom. The summed E-state index contributed by atoms with van der Waals surface area (Å²) < 4.78 is 18.5. The number of nitrogens with zero attached hydrogens (tertiary/aromatic N) is 1. The zero-order valence-electron chi connectivity index (χ0n) is 9.33. The second-order valence-electron chi connectivity index (χ2n) is 3.37. The maximum absolute atomic E-state index is 13.5. The number of nitrogens with one attached hydrogen (secondary N) is 2. The number of anilines is 2. The largest absolute Gasteiger partial charge is 0.494 e. The molecule has 0 aliphatic heterocycles. The molecule has 0 saturated carbocycles. The van der Waals surface area contributed by atoms with Crippen molar-refractivity contribution in [2.24, 2.45) is 0 Å². The fourth-order valence-corrected chi connectivity index (χ4v) is 1.67. The Labute approximate surface area is 110 Å². The lowest BCUT2D eigenvalue weighted by Crippen LogP contribution is -2.10. The molecule has 1 heterocycles. The van der Waals surface area contributed by atoms with Crippen LogP contribution in [-0.2, 0) is 0 Å². The number of halogens is 2. The van der Waals surface area contributed by atoms with Crippen molar-refractivity contribution in [1.82, 2.24) is 9.97 Å². The van der Waals surface area contributed by atoms with Gasteiger partial charge in [-0.15, -0.1) is 0 Å². The van der Waals surface area contributed by atoms with E-state index in [4.69, 9.17) is 4.74 Å². The summed E-state index contributed by atoms with van der Waals surface area (Å²) in [7, 11) is 1.39. The van der Waals surface area contributed by atoms with Gasteiger partial charge in [0.05, 0.1) is 13.4 Å². The second kappa shape index (κ2) is 5.18. The van der Waals surface area contributed by atoms with Crippen molar-refractivity contribution in [3.63, 3.8) is 0 Å². The number of rotatable bonds is 3. The van der Waals surface area contributed by atoms with Gasteiger partial charge < -0.3 is 15.0 Å². The van der Waals surface area contributed by atoms with Crippen LogP contribution < -0.4 is 15.6 Å². The van der Waals surface area contributed by atoms with E-state index in [9.17, 15) is 9.18 Å². The van der Waals surface area contributed by atoms with Gasteiger partial charge >= 0.3 is 0 Å². The molecule has 5 nitrogen and oxygen atoms in total. The molecule has 0 aliphatic rings. The standard InChI is InChI=1S/C11H9BrFN3O2/c1-18-8-3-2-6(4-7(8)13)16-10-9(12)11(17)15-5-14-10/h2-5H,1H3,(H2,14,15,16,17). The monoisotopic (exact) mass is 313 g/mol. The maximum Gasteiger partial charge on any atom is 0.267 e. The number of hydrogen-bond acceptors (Lipinski definition) is 4. The van der Waals surface area contributed by atoms with Gasteiger partial charge in [-0.1, -0.05) is 0 Å². The lowest BCUT2D eigenvalue weighted by Gasteiger charge is -2.08. The first-order valence-corrected chi connectivity index (χ1v) is 5.75. The van der Waals surface area contributed by atoms with Crippen LogP contribution in [0.25, 0.3) is 0 Å². The normalized spacial score (nSPS) is 10.2. The molecule has 7 heteroatoms. The topological polar surface area (TPSA) is 67.0 Å². The molecular formula is C11H9BrFN3O2. The van der Waals surface area contributed by atoms with Gasteiger partial charge in [0.15, 0.2) is 17.4 Å². The number of aromatic nitrogens is 2. The number of hydrogen-bond donors (Lipinski definition) is 2. The van der Waals surface area contributed by atoms with Gasteiger partial charge in [-0.05, 0) is 28.1 Å². The molecule has 0 unspecified atom stereocenters. The van der Waals surface area contributed by atoms with Crippen molar-refractivity contribution < 1.29 is 9.13 Å². The molecule has 94 valence electrons. The minimum atomic E-state index is -0.497. The van der Waals surface area contributed by atoms with E-state index >= 15 is 0 Å². The molecule has 2 rings (SSSR count). The summed E-state index contributed by atoms with van der Waals surface area (Å²) in [5.74, 6) is -0.0368. The molecule has 18 heavy (non-hydrogen) atoms. The number of methoxy groups -OCH3 is 1. The predicted molar refractivity (Wildman–Crippen MR) is 68.8 cm³/mol. The molecular weight excluding hydrogens is 305 g/mol. The predicted octanol–water partition coefficient (Wildman–Crippen LogP) is 2.42. The van der Waals surface area contributed by atoms with Crippen molar-refractivity contribution in [1.29, 1.82) is 0 Å². The van der Waals surface area contributed by atoms with Crippen LogP contribution in [0, 0.1) is 5.82 Å². The second-order valence-corrected chi connectivity index (χ2v) is 4.16. The Morgan fingerprint density at radius 3 is 2.94 bits per heavy atom. The molecule has 1 aromatic heterocycles. The molecule has 0 radical (unpaired) electrons. The molecule has 0 bridgehead atoms. The fourth-order valence-electron chi connectivity index (χ4n) is 1.35. The summed E-state index contributed by atoms with van der Waals surface area (Å²) in [6.07, 6.45) is 1.26. The van der Waals surface area contributed by atoms with Crippen LogP contribution in [0.15, 0.2) is 33.8 Å². The van der Waals surface area contributed by atoms with Crippen molar-refractivity contribution in [3.8, 4) is 5.75 Å². The summed E-state index contributed by atoms with van der Waals surface area (Å²) >= 11 is 3.10. The van der Waals surface area contributed by atoms with Crippen LogP contribution in [0.1, 0.15) is 0 Å². The van der Waals surface area contributed by atoms with Crippen LogP contribution in [0.4, 0.5) is 15.9 Å². The first kappa shape index (κ1) is 12.6. The molecule has 1 aromatic carbocycles. The van der Waals surface area contributed by atoms with Crippen LogP contribution >= 0.6 is 15.9 Å². The van der Waals surface area contributed by atoms with Crippen LogP contribution in [0.2, 0.25) is 0 Å². The number of H-pyrrole nitrogens is 1. The molecule has 2 N–H and O–H groups in total. The Kier molecular flexibility index (Phi) is 3.61. The third-order valence-electron chi connectivity index (χ3n) is 2.21. The van der Waals surface area contributed by atoms with Gasteiger partial charge in [-0.3, -0.25) is 4.79 Å². The van der Waals surface area contributed by atoms with Crippen LogP contribution in [-0.4, -0.2) is 17.1 Å². The molecule has 0 amide bonds. The van der Waals surface area contributed by atoms with E-state index in [2.05, 4.69) is 31.2 Å². The highest BCUT2D eigenvalue weighted by molar-refractivity contribution is 9.10. The third-order valence-corrected chi connectivity index (χ3v) is 2.95. The quantitative estimate of drug-likeness (QED) is 0.913. The van der Waals surface area contributed by atoms with E-state index in [0.717, 1.165) is 0 Å². The van der Waals surface area contributed by atoms with Crippen LogP contribution in [0.5, 0.6) is 5.75 Å². The zero-order valence-corrected chi connectivity index (χ0v) is 10.9. The Morgan fingerprint density at radius 2 is 2.28 bits per heavy atom. The van der Waals surface area contributed by atoms with Crippen molar-refractivity contribution in [2.75, 3.05) is 12.4 Å². The average molecular weight is 314 g/mol. The summed E-state index contributed by atoms with van der Waals surface area (Å²) in [5.41, 5.74) is 0.147. The lowest BCUT2D eigenvalue weighted by molar-refractivity contribution is 0.386. The smallest absolute Gasteiger partial charge is 0.267 e. The Balaban J connectivity index is 2.32. The van der Waals surface area contributed by atoms with Gasteiger partial charge in [0, 0.05) is 11.8 Å². The molecule has 0 atom stereocenters. The van der Waals surface area contributed by atoms with Crippen molar-refractivity contribution in [2.45, 2.75) is 0 Å². The van der Waals surface area contributed by atoms with E-state index in [-0.39, 0.29) is 15.8 Å². The first-order valence-electron chi connectivity index (χ1n) is 4.95. The highest BCUT2D eigenvalue weighted by Gasteiger charge is 2.08. The zero-order chi connectivity index (χ0) is 13.1. The van der Waals surface area contributed by atoms with E-state index in [1.165, 1.54) is 25.6 Å². The number of ether oxygens (including phenoxy) is 1. The number of aromatic amines is 1. The minimum absolute atomic E-state index is 0.151. The highest BCUT2D eigenvalue weighted by Crippen LogP contribution is 2.24. The summed E-state index contributed by atoms with van der Waals surface area (Å²) in [4.78, 5) is 17.7. The first-order chi connectivity index (χ1) is 8.61. The molecule has 0 aliphatic carbocycles. The molecule has 0 saturated heterocycles. The van der Waals surface area contributed by atoms with Crippen molar-refractivity contribution in [3.05, 3.63) is 45.2 Å². The lowest BCUT2D eigenvalue weighted by atomic mass is 10.3.